The van der Waals surface area contributed by atoms with Crippen LogP contribution in [0.1, 0.15) is 63.9 Å². The van der Waals surface area contributed by atoms with Crippen LogP contribution in [0.2, 0.25) is 0 Å². The number of hydrogen-bond acceptors (Lipinski definition) is 6. The molecule has 0 aliphatic heterocycles. The van der Waals surface area contributed by atoms with Gasteiger partial charge in [-0.2, -0.15) is 0 Å². The molecule has 150 valence electrons. The lowest BCUT2D eigenvalue weighted by atomic mass is 10.1. The predicted octanol–water partition coefficient (Wildman–Crippen LogP) is 5.61. The van der Waals surface area contributed by atoms with E-state index in [2.05, 4.69) is 39.7 Å². The lowest BCUT2D eigenvalue weighted by Gasteiger charge is -2.17. The fraction of sp³-hybridized carbons (Fsp3) is 0.524. The van der Waals surface area contributed by atoms with Gasteiger partial charge in [0.2, 0.25) is 11.6 Å². The zero-order valence-corrected chi connectivity index (χ0v) is 16.5. The van der Waals surface area contributed by atoms with Gasteiger partial charge in [-0.3, -0.25) is 10.1 Å². The zero-order chi connectivity index (χ0) is 19.8. The van der Waals surface area contributed by atoms with Crippen LogP contribution in [0.3, 0.4) is 0 Å². The third-order valence-electron chi connectivity index (χ3n) is 5.24. The van der Waals surface area contributed by atoms with Crippen molar-refractivity contribution in [1.82, 2.24) is 9.97 Å². The highest BCUT2D eigenvalue weighted by atomic mass is 16.6. The van der Waals surface area contributed by atoms with Gasteiger partial charge in [-0.25, -0.2) is 9.97 Å². The van der Waals surface area contributed by atoms with Crippen LogP contribution in [0.5, 0.6) is 0 Å². The van der Waals surface area contributed by atoms with Crippen molar-refractivity contribution in [2.75, 3.05) is 10.6 Å². The molecule has 0 amide bonds. The summed E-state index contributed by atoms with van der Waals surface area (Å²) in [5.41, 5.74) is 1.95. The monoisotopic (exact) mass is 383 g/mol. The first-order valence-corrected chi connectivity index (χ1v) is 10.3. The minimum atomic E-state index is -0.406. The highest BCUT2D eigenvalue weighted by molar-refractivity contribution is 5.73. The Morgan fingerprint density at radius 1 is 1.07 bits per heavy atom. The van der Waals surface area contributed by atoms with E-state index in [1.54, 1.807) is 0 Å². The van der Waals surface area contributed by atoms with E-state index in [0.717, 1.165) is 50.6 Å². The minimum Gasteiger partial charge on any atom is -0.361 e. The highest BCUT2D eigenvalue weighted by Gasteiger charge is 2.25. The number of hydrogen-bond donors (Lipinski definition) is 2. The molecule has 2 N–H and O–H groups in total. The van der Waals surface area contributed by atoms with E-state index in [1.807, 2.05) is 12.1 Å². The summed E-state index contributed by atoms with van der Waals surface area (Å²) in [5, 5.41) is 18.2. The molecule has 0 spiro atoms. The van der Waals surface area contributed by atoms with E-state index >= 15 is 0 Å². The zero-order valence-electron chi connectivity index (χ0n) is 16.5. The largest absolute Gasteiger partial charge is 0.361 e. The molecule has 0 unspecified atom stereocenters. The molecule has 7 heteroatoms. The third kappa shape index (κ3) is 5.41. The molecule has 1 aromatic heterocycles. The van der Waals surface area contributed by atoms with Crippen molar-refractivity contribution in [2.45, 2.75) is 70.8 Å². The van der Waals surface area contributed by atoms with Crippen LogP contribution in [0.15, 0.2) is 30.6 Å². The second-order valence-electron chi connectivity index (χ2n) is 7.43. The highest BCUT2D eigenvalue weighted by Crippen LogP contribution is 2.33. The molecule has 0 saturated heterocycles. The van der Waals surface area contributed by atoms with Crippen LogP contribution < -0.4 is 10.6 Å². The molecule has 1 aliphatic rings. The van der Waals surface area contributed by atoms with Gasteiger partial charge in [0.25, 0.3) is 0 Å². The predicted molar refractivity (Wildman–Crippen MR) is 112 cm³/mol. The molecule has 3 rings (SSSR count). The molecule has 1 aliphatic carbocycles. The number of nitrogens with one attached hydrogen (secondary N) is 2. The van der Waals surface area contributed by atoms with Crippen molar-refractivity contribution in [1.29, 1.82) is 0 Å². The topological polar surface area (TPSA) is 93.0 Å². The fourth-order valence-electron chi connectivity index (χ4n) is 3.64. The first-order valence-electron chi connectivity index (χ1n) is 10.3. The van der Waals surface area contributed by atoms with Crippen LogP contribution >= 0.6 is 0 Å². The standard InChI is InChI=1S/C21H29N5O2/c1-2-3-8-16-11-13-18(14-12-16)25-21-19(26(27)28)20(22-15-23-21)24-17-9-6-4-5-7-10-17/h11-15,17H,2-10H2,1H3,(H2,22,23,24,25). The van der Waals surface area contributed by atoms with Crippen molar-refractivity contribution >= 4 is 23.0 Å². The summed E-state index contributed by atoms with van der Waals surface area (Å²) in [6.07, 6.45) is 11.5. The first-order chi connectivity index (χ1) is 13.7. The molecular formula is C21H29N5O2. The number of aryl methyl sites for hydroxylation is 1. The molecule has 0 atom stereocenters. The minimum absolute atomic E-state index is 0.0955. The Balaban J connectivity index is 1.77. The van der Waals surface area contributed by atoms with Gasteiger partial charge in [-0.15, -0.1) is 0 Å². The molecule has 1 fully saturated rings. The molecule has 7 nitrogen and oxygen atoms in total. The van der Waals surface area contributed by atoms with Crippen LogP contribution in [0.25, 0.3) is 0 Å². The number of anilines is 3. The quantitative estimate of drug-likeness (QED) is 0.350. The molecule has 2 aromatic rings. The summed E-state index contributed by atoms with van der Waals surface area (Å²) in [4.78, 5) is 19.7. The third-order valence-corrected chi connectivity index (χ3v) is 5.24. The van der Waals surface area contributed by atoms with E-state index in [-0.39, 0.29) is 17.5 Å². The number of unbranched alkanes of at least 4 members (excludes halogenated alkanes) is 1. The van der Waals surface area contributed by atoms with Crippen molar-refractivity contribution < 1.29 is 4.92 Å². The lowest BCUT2D eigenvalue weighted by molar-refractivity contribution is -0.383. The SMILES string of the molecule is CCCCc1ccc(Nc2ncnc(NC3CCCCCC3)c2[N+](=O)[O-])cc1. The second-order valence-corrected chi connectivity index (χ2v) is 7.43. The van der Waals surface area contributed by atoms with Gasteiger partial charge in [0.1, 0.15) is 6.33 Å². The van der Waals surface area contributed by atoms with Crippen LogP contribution in [-0.2, 0) is 6.42 Å². The van der Waals surface area contributed by atoms with E-state index in [0.29, 0.717) is 5.82 Å². The Morgan fingerprint density at radius 2 is 1.75 bits per heavy atom. The Labute approximate surface area is 166 Å². The summed E-state index contributed by atoms with van der Waals surface area (Å²) >= 11 is 0. The van der Waals surface area contributed by atoms with Crippen molar-refractivity contribution in [3.05, 3.63) is 46.3 Å². The average Bonchev–Trinajstić information content (AvgIpc) is 2.96. The van der Waals surface area contributed by atoms with Crippen molar-refractivity contribution in [3.8, 4) is 0 Å². The normalized spacial score (nSPS) is 15.0. The average molecular weight is 383 g/mol. The van der Waals surface area contributed by atoms with E-state index in [1.165, 1.54) is 24.7 Å². The Hall–Kier alpha value is -2.70. The number of nitro groups is 1. The van der Waals surface area contributed by atoms with Crippen LogP contribution in [0.4, 0.5) is 23.0 Å². The van der Waals surface area contributed by atoms with Gasteiger partial charge in [-0.1, -0.05) is 51.2 Å². The Bertz CT molecular complexity index is 771. The molecule has 1 saturated carbocycles. The van der Waals surface area contributed by atoms with E-state index in [9.17, 15) is 10.1 Å². The number of benzene rings is 1. The summed E-state index contributed by atoms with van der Waals surface area (Å²) in [5.74, 6) is 0.520. The molecule has 1 aromatic carbocycles. The van der Waals surface area contributed by atoms with E-state index < -0.39 is 4.92 Å². The summed E-state index contributed by atoms with van der Waals surface area (Å²) in [7, 11) is 0. The summed E-state index contributed by atoms with van der Waals surface area (Å²) in [6, 6.07) is 8.21. The van der Waals surface area contributed by atoms with Gasteiger partial charge in [0, 0.05) is 11.7 Å². The number of aromatic nitrogens is 2. The molecule has 0 radical (unpaired) electrons. The summed E-state index contributed by atoms with van der Waals surface area (Å²) < 4.78 is 0. The number of nitrogens with zero attached hydrogens (tertiary/aromatic N) is 3. The van der Waals surface area contributed by atoms with E-state index in [4.69, 9.17) is 0 Å². The molecule has 0 bridgehead atoms. The summed E-state index contributed by atoms with van der Waals surface area (Å²) in [6.45, 7) is 2.17. The molecule has 28 heavy (non-hydrogen) atoms. The van der Waals surface area contributed by atoms with Crippen LogP contribution in [-0.4, -0.2) is 20.9 Å². The second kappa shape index (κ2) is 10.0. The number of rotatable bonds is 8. The van der Waals surface area contributed by atoms with Gasteiger partial charge in [0.05, 0.1) is 4.92 Å². The molecular weight excluding hydrogens is 354 g/mol. The fourth-order valence-corrected chi connectivity index (χ4v) is 3.64. The van der Waals surface area contributed by atoms with Gasteiger partial charge >= 0.3 is 5.69 Å². The maximum atomic E-state index is 11.8. The van der Waals surface area contributed by atoms with Crippen molar-refractivity contribution in [2.24, 2.45) is 0 Å². The smallest absolute Gasteiger partial charge is 0.353 e. The van der Waals surface area contributed by atoms with Gasteiger partial charge in [0.15, 0.2) is 0 Å². The van der Waals surface area contributed by atoms with Gasteiger partial charge in [-0.05, 0) is 43.4 Å². The first kappa shape index (κ1) is 20.0. The maximum Gasteiger partial charge on any atom is 0.353 e. The Morgan fingerprint density at radius 3 is 2.39 bits per heavy atom. The van der Waals surface area contributed by atoms with Crippen molar-refractivity contribution in [3.63, 3.8) is 0 Å². The maximum absolute atomic E-state index is 11.8. The Kier molecular flexibility index (Phi) is 7.17. The lowest BCUT2D eigenvalue weighted by Crippen LogP contribution is -2.20. The molecule has 1 heterocycles. The van der Waals surface area contributed by atoms with Crippen LogP contribution in [0, 0.1) is 10.1 Å². The van der Waals surface area contributed by atoms with Gasteiger partial charge < -0.3 is 10.6 Å².